The standard InChI is InChI=1S/C23H31N3O4/c24-12-5-14-26(20-9-15-29-16-10-20)23(28)19-6-4-13-25(18-19)22(27)11-17-30-21-7-2-1-3-8-21/h1-3,7-8,19-20H,4-6,9-11,13-18H2. The molecule has 0 aromatic heterocycles. The van der Waals surface area contributed by atoms with Gasteiger partial charge in [-0.05, 0) is 37.8 Å². The topological polar surface area (TPSA) is 82.9 Å². The second-order valence-corrected chi connectivity index (χ2v) is 7.87. The number of carbonyl (C=O) groups excluding carboxylic acids is 2. The van der Waals surface area contributed by atoms with Gasteiger partial charge in [-0.15, -0.1) is 0 Å². The van der Waals surface area contributed by atoms with E-state index in [0.29, 0.717) is 52.3 Å². The lowest BCUT2D eigenvalue weighted by molar-refractivity contribution is -0.144. The van der Waals surface area contributed by atoms with Crippen molar-refractivity contribution in [3.63, 3.8) is 0 Å². The third-order valence-corrected chi connectivity index (χ3v) is 5.83. The van der Waals surface area contributed by atoms with E-state index in [4.69, 9.17) is 14.7 Å². The minimum Gasteiger partial charge on any atom is -0.493 e. The number of nitrogens with zero attached hydrogens (tertiary/aromatic N) is 3. The first-order valence-electron chi connectivity index (χ1n) is 10.9. The molecule has 0 saturated carbocycles. The molecule has 2 saturated heterocycles. The number of para-hydroxylation sites is 1. The highest BCUT2D eigenvalue weighted by atomic mass is 16.5. The van der Waals surface area contributed by atoms with Crippen LogP contribution in [0.2, 0.25) is 0 Å². The summed E-state index contributed by atoms with van der Waals surface area (Å²) in [5.41, 5.74) is 0. The predicted molar refractivity (Wildman–Crippen MR) is 112 cm³/mol. The number of likely N-dealkylation sites (tertiary alicyclic amines) is 1. The van der Waals surface area contributed by atoms with Crippen molar-refractivity contribution in [3.05, 3.63) is 30.3 Å². The fourth-order valence-corrected chi connectivity index (χ4v) is 4.21. The molecular weight excluding hydrogens is 382 g/mol. The van der Waals surface area contributed by atoms with Gasteiger partial charge in [0.15, 0.2) is 0 Å². The Hall–Kier alpha value is -2.59. The number of nitriles is 1. The van der Waals surface area contributed by atoms with Crippen LogP contribution in [0, 0.1) is 17.2 Å². The number of amides is 2. The summed E-state index contributed by atoms with van der Waals surface area (Å²) < 4.78 is 11.1. The van der Waals surface area contributed by atoms with E-state index in [9.17, 15) is 9.59 Å². The van der Waals surface area contributed by atoms with Gasteiger partial charge in [-0.1, -0.05) is 18.2 Å². The Morgan fingerprint density at radius 2 is 1.97 bits per heavy atom. The minimum atomic E-state index is -0.195. The zero-order valence-electron chi connectivity index (χ0n) is 17.5. The normalized spacial score (nSPS) is 19.7. The summed E-state index contributed by atoms with van der Waals surface area (Å²) in [6.45, 7) is 3.22. The SMILES string of the molecule is N#CCCN(C(=O)C1CCCN(C(=O)CCOc2ccccc2)C1)C1CCOCC1. The van der Waals surface area contributed by atoms with Crippen molar-refractivity contribution in [3.8, 4) is 11.8 Å². The molecule has 30 heavy (non-hydrogen) atoms. The first kappa shape index (κ1) is 22.1. The highest BCUT2D eigenvalue weighted by molar-refractivity contribution is 5.81. The summed E-state index contributed by atoms with van der Waals surface area (Å²) in [5, 5.41) is 9.01. The van der Waals surface area contributed by atoms with Crippen LogP contribution in [-0.4, -0.2) is 67.1 Å². The summed E-state index contributed by atoms with van der Waals surface area (Å²) in [6, 6.07) is 11.7. The Morgan fingerprint density at radius 3 is 2.70 bits per heavy atom. The first-order valence-corrected chi connectivity index (χ1v) is 10.9. The van der Waals surface area contributed by atoms with Gasteiger partial charge in [0, 0.05) is 38.9 Å². The smallest absolute Gasteiger partial charge is 0.227 e. The molecule has 0 N–H and O–H groups in total. The number of rotatable bonds is 8. The molecule has 2 heterocycles. The highest BCUT2D eigenvalue weighted by Crippen LogP contribution is 2.24. The second kappa shape index (κ2) is 11.6. The van der Waals surface area contributed by atoms with E-state index in [-0.39, 0.29) is 23.8 Å². The molecule has 0 radical (unpaired) electrons. The van der Waals surface area contributed by atoms with Gasteiger partial charge >= 0.3 is 0 Å². The van der Waals surface area contributed by atoms with Gasteiger partial charge in [0.2, 0.25) is 11.8 Å². The number of benzene rings is 1. The lowest BCUT2D eigenvalue weighted by Gasteiger charge is -2.39. The fourth-order valence-electron chi connectivity index (χ4n) is 4.21. The molecule has 1 unspecified atom stereocenters. The average molecular weight is 414 g/mol. The number of ether oxygens (including phenoxy) is 2. The highest BCUT2D eigenvalue weighted by Gasteiger charge is 2.34. The minimum absolute atomic E-state index is 0.0260. The van der Waals surface area contributed by atoms with Crippen LogP contribution in [0.4, 0.5) is 0 Å². The molecule has 0 bridgehead atoms. The van der Waals surface area contributed by atoms with Crippen molar-refractivity contribution in [2.75, 3.05) is 39.5 Å². The van der Waals surface area contributed by atoms with Crippen LogP contribution in [0.1, 0.15) is 38.5 Å². The molecule has 2 aliphatic heterocycles. The van der Waals surface area contributed by atoms with Crippen LogP contribution < -0.4 is 4.74 Å². The molecule has 1 atom stereocenters. The zero-order valence-corrected chi connectivity index (χ0v) is 17.5. The van der Waals surface area contributed by atoms with Crippen LogP contribution in [0.5, 0.6) is 5.75 Å². The van der Waals surface area contributed by atoms with Crippen LogP contribution in [0.15, 0.2) is 30.3 Å². The van der Waals surface area contributed by atoms with Gasteiger partial charge < -0.3 is 19.3 Å². The van der Waals surface area contributed by atoms with Gasteiger partial charge in [-0.25, -0.2) is 0 Å². The van der Waals surface area contributed by atoms with Gasteiger partial charge in [-0.2, -0.15) is 5.26 Å². The summed E-state index contributed by atoms with van der Waals surface area (Å²) in [5.74, 6) is 0.661. The molecule has 2 aliphatic rings. The monoisotopic (exact) mass is 413 g/mol. The van der Waals surface area contributed by atoms with Crippen LogP contribution in [-0.2, 0) is 14.3 Å². The third kappa shape index (κ3) is 6.20. The molecule has 7 nitrogen and oxygen atoms in total. The Bertz CT molecular complexity index is 728. The van der Waals surface area contributed by atoms with Crippen molar-refractivity contribution < 1.29 is 19.1 Å². The van der Waals surface area contributed by atoms with Crippen molar-refractivity contribution in [1.82, 2.24) is 9.80 Å². The third-order valence-electron chi connectivity index (χ3n) is 5.83. The van der Waals surface area contributed by atoms with E-state index in [2.05, 4.69) is 6.07 Å². The van der Waals surface area contributed by atoms with Gasteiger partial charge in [0.1, 0.15) is 5.75 Å². The fraction of sp³-hybridized carbons (Fsp3) is 0.609. The Morgan fingerprint density at radius 1 is 1.20 bits per heavy atom. The van der Waals surface area contributed by atoms with E-state index in [0.717, 1.165) is 31.4 Å². The Labute approximate surface area is 178 Å². The predicted octanol–water partition coefficient (Wildman–Crippen LogP) is 2.62. The quantitative estimate of drug-likeness (QED) is 0.654. The first-order chi connectivity index (χ1) is 14.7. The van der Waals surface area contributed by atoms with Gasteiger partial charge in [0.25, 0.3) is 0 Å². The molecule has 2 amide bonds. The Balaban J connectivity index is 1.53. The van der Waals surface area contributed by atoms with E-state index >= 15 is 0 Å². The number of carbonyl (C=O) groups is 2. The zero-order chi connectivity index (χ0) is 21.2. The van der Waals surface area contributed by atoms with Crippen molar-refractivity contribution in [2.24, 2.45) is 5.92 Å². The lowest BCUT2D eigenvalue weighted by Crippen LogP contribution is -2.51. The molecule has 1 aromatic carbocycles. The second-order valence-electron chi connectivity index (χ2n) is 7.87. The summed E-state index contributed by atoms with van der Waals surface area (Å²) in [4.78, 5) is 29.6. The molecule has 0 spiro atoms. The number of hydrogen-bond donors (Lipinski definition) is 0. The van der Waals surface area contributed by atoms with Crippen molar-refractivity contribution in [1.29, 1.82) is 5.26 Å². The van der Waals surface area contributed by atoms with E-state index in [1.807, 2.05) is 35.2 Å². The average Bonchev–Trinajstić information content (AvgIpc) is 2.80. The summed E-state index contributed by atoms with van der Waals surface area (Å²) >= 11 is 0. The Kier molecular flexibility index (Phi) is 8.52. The molecule has 3 rings (SSSR count). The number of hydrogen-bond acceptors (Lipinski definition) is 5. The largest absolute Gasteiger partial charge is 0.493 e. The molecule has 162 valence electrons. The van der Waals surface area contributed by atoms with Crippen LogP contribution >= 0.6 is 0 Å². The van der Waals surface area contributed by atoms with Gasteiger partial charge in [-0.3, -0.25) is 9.59 Å². The van der Waals surface area contributed by atoms with E-state index in [1.54, 1.807) is 4.90 Å². The lowest BCUT2D eigenvalue weighted by atomic mass is 9.94. The van der Waals surface area contributed by atoms with Crippen LogP contribution in [0.25, 0.3) is 0 Å². The maximum Gasteiger partial charge on any atom is 0.227 e. The molecule has 1 aromatic rings. The molecular formula is C23H31N3O4. The maximum absolute atomic E-state index is 13.3. The molecule has 0 aliphatic carbocycles. The summed E-state index contributed by atoms with van der Waals surface area (Å²) in [7, 11) is 0. The molecule has 2 fully saturated rings. The van der Waals surface area contributed by atoms with Crippen molar-refractivity contribution >= 4 is 11.8 Å². The molecule has 7 heteroatoms. The number of piperidine rings is 1. The van der Waals surface area contributed by atoms with Crippen LogP contribution in [0.3, 0.4) is 0 Å². The van der Waals surface area contributed by atoms with Crippen molar-refractivity contribution in [2.45, 2.75) is 44.6 Å². The summed E-state index contributed by atoms with van der Waals surface area (Å²) in [6.07, 6.45) is 3.85. The maximum atomic E-state index is 13.3. The van der Waals surface area contributed by atoms with E-state index in [1.165, 1.54) is 0 Å². The van der Waals surface area contributed by atoms with Gasteiger partial charge in [0.05, 0.1) is 31.4 Å². The van der Waals surface area contributed by atoms with E-state index < -0.39 is 0 Å².